The van der Waals surface area contributed by atoms with Gasteiger partial charge in [-0.15, -0.1) is 10.2 Å². The number of amides is 1. The molecule has 2 aromatic rings. The molecule has 6 nitrogen and oxygen atoms in total. The third-order valence-electron chi connectivity index (χ3n) is 4.54. The van der Waals surface area contributed by atoms with Crippen LogP contribution in [0, 0.1) is 5.92 Å². The summed E-state index contributed by atoms with van der Waals surface area (Å²) in [6.45, 7) is 3.26. The molecule has 21 heavy (non-hydrogen) atoms. The number of fused-ring (bicyclic) bond motifs is 4. The maximum absolute atomic E-state index is 12.3. The van der Waals surface area contributed by atoms with E-state index in [2.05, 4.69) is 25.4 Å². The Labute approximate surface area is 122 Å². The van der Waals surface area contributed by atoms with Crippen molar-refractivity contribution in [2.75, 3.05) is 19.6 Å². The highest BCUT2D eigenvalue weighted by Crippen LogP contribution is 2.27. The van der Waals surface area contributed by atoms with E-state index < -0.39 is 0 Å². The van der Waals surface area contributed by atoms with Crippen LogP contribution >= 0.6 is 0 Å². The zero-order valence-electron chi connectivity index (χ0n) is 11.7. The van der Waals surface area contributed by atoms with Gasteiger partial charge < -0.3 is 10.2 Å². The first-order chi connectivity index (χ1) is 10.3. The number of para-hydroxylation sites is 1. The van der Waals surface area contributed by atoms with E-state index >= 15 is 0 Å². The number of nitrogens with zero attached hydrogens (tertiary/aromatic N) is 4. The minimum atomic E-state index is -0.216. The number of benzene rings is 1. The quantitative estimate of drug-likeness (QED) is 0.884. The lowest BCUT2D eigenvalue weighted by molar-refractivity contribution is 0.0614. The van der Waals surface area contributed by atoms with Crippen LogP contribution in [-0.2, 0) is 0 Å². The zero-order valence-corrected chi connectivity index (χ0v) is 11.7. The van der Waals surface area contributed by atoms with Gasteiger partial charge in [0, 0.05) is 12.6 Å². The van der Waals surface area contributed by atoms with Crippen molar-refractivity contribution in [3.63, 3.8) is 0 Å². The fourth-order valence-corrected chi connectivity index (χ4v) is 3.34. The lowest BCUT2D eigenvalue weighted by Gasteiger charge is -2.44. The molecule has 1 N–H and O–H groups in total. The van der Waals surface area contributed by atoms with Crippen molar-refractivity contribution in [3.8, 4) is 0 Å². The summed E-state index contributed by atoms with van der Waals surface area (Å²) in [7, 11) is 0. The lowest BCUT2D eigenvalue weighted by Crippen LogP contribution is -2.57. The van der Waals surface area contributed by atoms with Crippen molar-refractivity contribution >= 4 is 16.9 Å². The van der Waals surface area contributed by atoms with Gasteiger partial charge in [-0.25, -0.2) is 4.98 Å². The van der Waals surface area contributed by atoms with Gasteiger partial charge in [0.2, 0.25) is 5.82 Å². The zero-order chi connectivity index (χ0) is 14.2. The largest absolute Gasteiger partial charge is 0.345 e. The summed E-state index contributed by atoms with van der Waals surface area (Å²) in [5, 5.41) is 11.1. The van der Waals surface area contributed by atoms with E-state index in [1.54, 1.807) is 0 Å². The molecule has 1 aromatic heterocycles. The van der Waals surface area contributed by atoms with E-state index in [0.717, 1.165) is 19.6 Å². The fraction of sp³-hybridized carbons (Fsp3) is 0.467. The van der Waals surface area contributed by atoms with Gasteiger partial charge in [-0.1, -0.05) is 12.1 Å². The molecule has 3 aliphatic rings. The molecule has 1 aromatic carbocycles. The Kier molecular flexibility index (Phi) is 3.03. The highest BCUT2D eigenvalue weighted by molar-refractivity contribution is 5.92. The molecule has 3 saturated heterocycles. The average molecular weight is 283 g/mol. The van der Waals surface area contributed by atoms with Crippen LogP contribution in [0.5, 0.6) is 0 Å². The number of rotatable bonds is 2. The molecule has 4 heterocycles. The van der Waals surface area contributed by atoms with Crippen LogP contribution in [0.2, 0.25) is 0 Å². The first kappa shape index (κ1) is 12.6. The summed E-state index contributed by atoms with van der Waals surface area (Å²) >= 11 is 0. The number of aromatic nitrogens is 3. The summed E-state index contributed by atoms with van der Waals surface area (Å²) in [4.78, 5) is 19.0. The van der Waals surface area contributed by atoms with Crippen LogP contribution in [0.3, 0.4) is 0 Å². The van der Waals surface area contributed by atoms with E-state index in [4.69, 9.17) is 0 Å². The van der Waals surface area contributed by atoms with Crippen LogP contribution in [0.25, 0.3) is 11.0 Å². The second-order valence-corrected chi connectivity index (χ2v) is 5.84. The average Bonchev–Trinajstić information content (AvgIpc) is 2.55. The highest BCUT2D eigenvalue weighted by atomic mass is 16.2. The molecule has 1 unspecified atom stereocenters. The minimum Gasteiger partial charge on any atom is -0.345 e. The summed E-state index contributed by atoms with van der Waals surface area (Å²) in [5.41, 5.74) is 1.41. The van der Waals surface area contributed by atoms with E-state index in [0.29, 0.717) is 17.0 Å². The summed E-state index contributed by atoms with van der Waals surface area (Å²) in [6, 6.07) is 7.66. The van der Waals surface area contributed by atoms with Crippen molar-refractivity contribution in [1.82, 2.24) is 25.4 Å². The molecule has 2 bridgehead atoms. The summed E-state index contributed by atoms with van der Waals surface area (Å²) in [6.07, 6.45) is 2.34. The number of carbonyl (C=O) groups excluding carboxylic acids is 1. The van der Waals surface area contributed by atoms with Gasteiger partial charge in [-0.3, -0.25) is 4.79 Å². The third-order valence-corrected chi connectivity index (χ3v) is 4.54. The normalized spacial score (nSPS) is 27.7. The van der Waals surface area contributed by atoms with Gasteiger partial charge in [0.15, 0.2) is 0 Å². The number of hydrogen-bond donors (Lipinski definition) is 1. The molecule has 5 rings (SSSR count). The molecule has 1 amide bonds. The Morgan fingerprint density at radius 1 is 1.14 bits per heavy atom. The molecule has 0 saturated carbocycles. The second-order valence-electron chi connectivity index (χ2n) is 5.84. The van der Waals surface area contributed by atoms with Crippen LogP contribution in [0.4, 0.5) is 0 Å². The van der Waals surface area contributed by atoms with Crippen molar-refractivity contribution < 1.29 is 4.79 Å². The van der Waals surface area contributed by atoms with Crippen molar-refractivity contribution in [2.45, 2.75) is 18.9 Å². The first-order valence-corrected chi connectivity index (χ1v) is 7.42. The Hall–Kier alpha value is -2.08. The topological polar surface area (TPSA) is 71.0 Å². The van der Waals surface area contributed by atoms with Crippen LogP contribution in [0.1, 0.15) is 23.5 Å². The molecule has 6 heteroatoms. The SMILES string of the molecule is O=C(NC1CN2CCC1CC2)c1nnc2ccccc2n1. The predicted octanol–water partition coefficient (Wildman–Crippen LogP) is 0.849. The fourth-order valence-electron chi connectivity index (χ4n) is 3.34. The Morgan fingerprint density at radius 2 is 1.90 bits per heavy atom. The molecular weight excluding hydrogens is 266 g/mol. The van der Waals surface area contributed by atoms with Gasteiger partial charge in [0.1, 0.15) is 5.52 Å². The number of hydrogen-bond acceptors (Lipinski definition) is 5. The van der Waals surface area contributed by atoms with E-state index in [1.807, 2.05) is 24.3 Å². The number of nitrogens with one attached hydrogen (secondary N) is 1. The molecule has 3 aliphatic heterocycles. The van der Waals surface area contributed by atoms with E-state index in [-0.39, 0.29) is 17.8 Å². The van der Waals surface area contributed by atoms with Gasteiger partial charge >= 0.3 is 0 Å². The van der Waals surface area contributed by atoms with Gasteiger partial charge in [-0.05, 0) is 44.0 Å². The molecule has 0 radical (unpaired) electrons. The number of carbonyl (C=O) groups is 1. The Balaban J connectivity index is 1.53. The third kappa shape index (κ3) is 2.35. The van der Waals surface area contributed by atoms with Gasteiger partial charge in [0.25, 0.3) is 5.91 Å². The van der Waals surface area contributed by atoms with Crippen LogP contribution in [-0.4, -0.2) is 51.7 Å². The maximum atomic E-state index is 12.3. The Morgan fingerprint density at radius 3 is 2.62 bits per heavy atom. The standard InChI is InChI=1S/C15H17N5O/c21-15(17-13-9-20-7-5-10(13)6-8-20)14-16-11-3-1-2-4-12(11)18-19-14/h1-4,10,13H,5-9H2,(H,17,21). The summed E-state index contributed by atoms with van der Waals surface area (Å²) < 4.78 is 0. The molecular formula is C15H17N5O. The molecule has 108 valence electrons. The lowest BCUT2D eigenvalue weighted by atomic mass is 9.84. The highest BCUT2D eigenvalue weighted by Gasteiger charge is 2.35. The minimum absolute atomic E-state index is 0.158. The maximum Gasteiger partial charge on any atom is 0.291 e. The second kappa shape index (κ2) is 5.04. The van der Waals surface area contributed by atoms with Crippen LogP contribution < -0.4 is 5.32 Å². The predicted molar refractivity (Wildman–Crippen MR) is 77.8 cm³/mol. The monoisotopic (exact) mass is 283 g/mol. The molecule has 0 spiro atoms. The smallest absolute Gasteiger partial charge is 0.291 e. The van der Waals surface area contributed by atoms with Gasteiger partial charge in [-0.2, -0.15) is 0 Å². The Bertz CT molecular complexity index is 681. The van der Waals surface area contributed by atoms with Crippen LogP contribution in [0.15, 0.2) is 24.3 Å². The van der Waals surface area contributed by atoms with Crippen molar-refractivity contribution in [3.05, 3.63) is 30.1 Å². The van der Waals surface area contributed by atoms with Crippen molar-refractivity contribution in [2.24, 2.45) is 5.92 Å². The van der Waals surface area contributed by atoms with Gasteiger partial charge in [0.05, 0.1) is 5.52 Å². The van der Waals surface area contributed by atoms with E-state index in [1.165, 1.54) is 12.8 Å². The molecule has 0 aliphatic carbocycles. The van der Waals surface area contributed by atoms with Crippen molar-refractivity contribution in [1.29, 1.82) is 0 Å². The first-order valence-electron chi connectivity index (χ1n) is 7.42. The van der Waals surface area contributed by atoms with E-state index in [9.17, 15) is 4.79 Å². The molecule has 1 atom stereocenters. The summed E-state index contributed by atoms with van der Waals surface area (Å²) in [5.74, 6) is 0.532. The molecule has 3 fully saturated rings. The number of piperidine rings is 3.